The summed E-state index contributed by atoms with van der Waals surface area (Å²) in [6, 6.07) is 10.9. The van der Waals surface area contributed by atoms with Crippen molar-refractivity contribution in [1.82, 2.24) is 14.8 Å². The minimum absolute atomic E-state index is 0.126. The number of nitrogens with two attached hydrogens (primary N) is 1. The number of hydrogen-bond acceptors (Lipinski definition) is 7. The van der Waals surface area contributed by atoms with Crippen LogP contribution in [0.4, 0.5) is 16.3 Å². The van der Waals surface area contributed by atoms with Crippen molar-refractivity contribution in [3.05, 3.63) is 64.9 Å². The van der Waals surface area contributed by atoms with E-state index in [0.29, 0.717) is 39.7 Å². The molecule has 0 spiro atoms. The topological polar surface area (TPSA) is 154 Å². The van der Waals surface area contributed by atoms with Gasteiger partial charge < -0.3 is 25.6 Å². The second-order valence-corrected chi connectivity index (χ2v) is 10.1. The van der Waals surface area contributed by atoms with Gasteiger partial charge in [-0.25, -0.2) is 9.48 Å². The summed E-state index contributed by atoms with van der Waals surface area (Å²) < 4.78 is 12.8. The molecule has 3 amide bonds. The summed E-state index contributed by atoms with van der Waals surface area (Å²) in [5, 5.41) is 20.1. The molecule has 0 atom stereocenters. The second kappa shape index (κ2) is 11.2. The number of primary amides is 1. The lowest BCUT2D eigenvalue weighted by atomic mass is 9.92. The van der Waals surface area contributed by atoms with E-state index in [9.17, 15) is 14.7 Å². The molecule has 204 valence electrons. The third-order valence-electron chi connectivity index (χ3n) is 5.81. The van der Waals surface area contributed by atoms with Gasteiger partial charge in [0.15, 0.2) is 0 Å². The molecule has 5 N–H and O–H groups in total. The number of ether oxygens (including phenoxy) is 2. The normalized spacial score (nSPS) is 11.3. The zero-order valence-electron chi connectivity index (χ0n) is 21.9. The van der Waals surface area contributed by atoms with Crippen LogP contribution in [-0.2, 0) is 12.0 Å². The van der Waals surface area contributed by atoms with E-state index >= 15 is 0 Å². The summed E-state index contributed by atoms with van der Waals surface area (Å²) in [6.45, 7) is 6.13. The van der Waals surface area contributed by atoms with E-state index in [2.05, 4.69) is 20.7 Å². The van der Waals surface area contributed by atoms with Crippen molar-refractivity contribution in [1.29, 1.82) is 0 Å². The van der Waals surface area contributed by atoms with Crippen molar-refractivity contribution >= 4 is 45.9 Å². The average molecular weight is 553 g/mol. The molecule has 0 bridgehead atoms. The van der Waals surface area contributed by atoms with Gasteiger partial charge in [-0.05, 0) is 24.3 Å². The summed E-state index contributed by atoms with van der Waals surface area (Å²) in [6.07, 6.45) is 1.56. The van der Waals surface area contributed by atoms with Crippen LogP contribution in [0.15, 0.2) is 48.7 Å². The number of rotatable bonds is 8. The van der Waals surface area contributed by atoms with Crippen molar-refractivity contribution in [2.45, 2.75) is 32.7 Å². The molecule has 0 saturated heterocycles. The molecular weight excluding hydrogens is 524 g/mol. The number of anilines is 2. The van der Waals surface area contributed by atoms with Gasteiger partial charge >= 0.3 is 6.03 Å². The number of pyridine rings is 1. The summed E-state index contributed by atoms with van der Waals surface area (Å²) >= 11 is 6.45. The van der Waals surface area contributed by atoms with Crippen molar-refractivity contribution in [2.75, 3.05) is 24.4 Å². The Morgan fingerprint density at radius 2 is 1.87 bits per heavy atom. The first kappa shape index (κ1) is 27.7. The number of methoxy groups -OCH3 is 1. The number of amides is 3. The monoisotopic (exact) mass is 552 g/mol. The predicted molar refractivity (Wildman–Crippen MR) is 149 cm³/mol. The van der Waals surface area contributed by atoms with Gasteiger partial charge in [0.2, 0.25) is 0 Å². The highest BCUT2D eigenvalue weighted by Gasteiger charge is 2.21. The molecule has 39 heavy (non-hydrogen) atoms. The Bertz CT molecular complexity index is 1550. The van der Waals surface area contributed by atoms with Crippen LogP contribution in [0.1, 0.15) is 36.8 Å². The van der Waals surface area contributed by atoms with Crippen LogP contribution in [0, 0.1) is 0 Å². The van der Waals surface area contributed by atoms with Crippen LogP contribution in [0.2, 0.25) is 5.02 Å². The van der Waals surface area contributed by atoms with E-state index in [1.54, 1.807) is 48.7 Å². The second-order valence-electron chi connectivity index (χ2n) is 9.68. The van der Waals surface area contributed by atoms with Crippen LogP contribution in [-0.4, -0.2) is 45.5 Å². The van der Waals surface area contributed by atoms with E-state index in [1.165, 1.54) is 11.8 Å². The minimum atomic E-state index is -0.644. The number of nitrogens with one attached hydrogen (secondary N) is 2. The molecule has 0 aliphatic heterocycles. The SMILES string of the molecule is COc1cc2nccc(Oc3ccc(NC(=O)Nc4cc(C(C)(C)C)nn4CCO)c(Cl)c3)c2cc1C(N)=O. The molecule has 0 aliphatic carbocycles. The number of carbonyl (C=O) groups excluding carboxylic acids is 2. The van der Waals surface area contributed by atoms with Crippen LogP contribution in [0.3, 0.4) is 0 Å². The highest BCUT2D eigenvalue weighted by Crippen LogP contribution is 2.35. The standard InChI is InChI=1S/C27H29ClN6O5/c1-27(2,3)23-14-24(34(33-23)9-10-35)32-26(37)31-19-6-5-15(11-18(19)28)39-21-7-8-30-20-13-22(38-4)17(25(29)36)12-16(20)21/h5-8,11-14,35H,9-10H2,1-4H3,(H2,29,36)(H2,31,32,37). The van der Waals surface area contributed by atoms with Crippen LogP contribution in [0.5, 0.6) is 17.2 Å². The third-order valence-corrected chi connectivity index (χ3v) is 6.12. The number of hydrogen-bond donors (Lipinski definition) is 4. The zero-order valence-corrected chi connectivity index (χ0v) is 22.7. The molecule has 4 aromatic rings. The minimum Gasteiger partial charge on any atom is -0.496 e. The first-order chi connectivity index (χ1) is 18.5. The van der Waals surface area contributed by atoms with Gasteiger partial charge in [0.25, 0.3) is 5.91 Å². The van der Waals surface area contributed by atoms with Gasteiger partial charge in [-0.15, -0.1) is 0 Å². The fourth-order valence-corrected chi connectivity index (χ4v) is 4.02. The number of carbonyl (C=O) groups is 2. The molecule has 2 aromatic heterocycles. The fourth-order valence-electron chi connectivity index (χ4n) is 3.81. The number of benzene rings is 2. The Kier molecular flexibility index (Phi) is 7.93. The lowest BCUT2D eigenvalue weighted by Gasteiger charge is -2.13. The number of aliphatic hydroxyl groups is 1. The van der Waals surface area contributed by atoms with Gasteiger partial charge in [0.1, 0.15) is 23.1 Å². The summed E-state index contributed by atoms with van der Waals surface area (Å²) in [4.78, 5) is 28.9. The van der Waals surface area contributed by atoms with E-state index in [1.807, 2.05) is 20.8 Å². The Balaban J connectivity index is 1.53. The van der Waals surface area contributed by atoms with E-state index in [4.69, 9.17) is 26.8 Å². The summed E-state index contributed by atoms with van der Waals surface area (Å²) in [5.74, 6) is 0.927. The van der Waals surface area contributed by atoms with Crippen molar-refractivity contribution in [3.8, 4) is 17.2 Å². The number of aliphatic hydroxyl groups excluding tert-OH is 1. The highest BCUT2D eigenvalue weighted by atomic mass is 35.5. The van der Waals surface area contributed by atoms with Crippen LogP contribution in [0.25, 0.3) is 10.9 Å². The summed E-state index contributed by atoms with van der Waals surface area (Å²) in [7, 11) is 1.44. The van der Waals surface area contributed by atoms with Gasteiger partial charge in [0, 0.05) is 35.2 Å². The molecule has 0 unspecified atom stereocenters. The first-order valence-corrected chi connectivity index (χ1v) is 12.4. The van der Waals surface area contributed by atoms with Crippen LogP contribution < -0.4 is 25.8 Å². The Morgan fingerprint density at radius 3 is 2.51 bits per heavy atom. The molecule has 11 nitrogen and oxygen atoms in total. The number of nitrogens with zero attached hydrogens (tertiary/aromatic N) is 3. The van der Waals surface area contributed by atoms with E-state index in [-0.39, 0.29) is 29.2 Å². The number of fused-ring (bicyclic) bond motifs is 1. The van der Waals surface area contributed by atoms with Crippen molar-refractivity contribution in [3.63, 3.8) is 0 Å². The number of aromatic nitrogens is 3. The largest absolute Gasteiger partial charge is 0.496 e. The third kappa shape index (κ3) is 6.21. The smallest absolute Gasteiger partial charge is 0.324 e. The molecule has 12 heteroatoms. The Hall–Kier alpha value is -4.35. The van der Waals surface area contributed by atoms with Gasteiger partial charge in [-0.3, -0.25) is 15.1 Å². The first-order valence-electron chi connectivity index (χ1n) is 12.0. The maximum absolute atomic E-state index is 12.7. The molecule has 0 aliphatic rings. The highest BCUT2D eigenvalue weighted by molar-refractivity contribution is 6.34. The van der Waals surface area contributed by atoms with Gasteiger partial charge in [-0.1, -0.05) is 32.4 Å². The maximum atomic E-state index is 12.7. The predicted octanol–water partition coefficient (Wildman–Crippen LogP) is 4.92. The molecule has 0 saturated carbocycles. The van der Waals surface area contributed by atoms with Gasteiger partial charge in [-0.2, -0.15) is 5.10 Å². The van der Waals surface area contributed by atoms with Crippen molar-refractivity contribution < 1.29 is 24.2 Å². The number of halogens is 1. The Labute approximate surface area is 229 Å². The summed E-state index contributed by atoms with van der Waals surface area (Å²) in [5.41, 5.74) is 7.13. The molecule has 0 radical (unpaired) electrons. The van der Waals surface area contributed by atoms with E-state index < -0.39 is 11.9 Å². The lowest BCUT2D eigenvalue weighted by Crippen LogP contribution is -2.22. The van der Waals surface area contributed by atoms with Crippen molar-refractivity contribution in [2.24, 2.45) is 5.73 Å². The Morgan fingerprint density at radius 1 is 1.10 bits per heavy atom. The molecule has 2 aromatic carbocycles. The number of urea groups is 1. The maximum Gasteiger partial charge on any atom is 0.324 e. The molecule has 2 heterocycles. The average Bonchev–Trinajstić information content (AvgIpc) is 3.28. The molecular formula is C27H29ClN6O5. The quantitative estimate of drug-likeness (QED) is 0.242. The van der Waals surface area contributed by atoms with E-state index in [0.717, 1.165) is 5.69 Å². The zero-order chi connectivity index (χ0) is 28.3. The molecule has 4 rings (SSSR count). The molecule has 0 fully saturated rings. The van der Waals surface area contributed by atoms with Gasteiger partial charge in [0.05, 0.1) is 47.7 Å². The lowest BCUT2D eigenvalue weighted by molar-refractivity contribution is 0.0997. The van der Waals surface area contributed by atoms with Crippen LogP contribution >= 0.6 is 11.6 Å². The fraction of sp³-hybridized carbons (Fsp3) is 0.259.